The Morgan fingerprint density at radius 1 is 1.38 bits per heavy atom. The predicted molar refractivity (Wildman–Crippen MR) is 87.3 cm³/mol. The molecule has 2 N–H and O–H groups in total. The van der Waals surface area contributed by atoms with Crippen LogP contribution in [-0.4, -0.2) is 56.0 Å². The van der Waals surface area contributed by atoms with Crippen LogP contribution in [0.5, 0.6) is 0 Å². The molecule has 1 aliphatic rings. The van der Waals surface area contributed by atoms with E-state index >= 15 is 0 Å². The Balaban J connectivity index is 0.000000219. The quantitative estimate of drug-likeness (QED) is 0.810. The fourth-order valence-electron chi connectivity index (χ4n) is 2.65. The van der Waals surface area contributed by atoms with E-state index in [2.05, 4.69) is 27.5 Å². The summed E-state index contributed by atoms with van der Waals surface area (Å²) in [6.45, 7) is 4.02. The summed E-state index contributed by atoms with van der Waals surface area (Å²) < 4.78 is 5.08. The Hall–Kier alpha value is -0.910. The first-order chi connectivity index (χ1) is 10.3. The highest BCUT2D eigenvalue weighted by molar-refractivity contribution is 5.01. The zero-order valence-corrected chi connectivity index (χ0v) is 13.9. The monoisotopic (exact) mass is 296 g/mol. The smallest absolute Gasteiger partial charge is 0.0532 e. The molecule has 0 aromatic carbocycles. The molecule has 0 radical (unpaired) electrons. The van der Waals surface area contributed by atoms with Gasteiger partial charge in [-0.3, -0.25) is 5.10 Å². The van der Waals surface area contributed by atoms with Crippen LogP contribution in [-0.2, 0) is 11.3 Å². The van der Waals surface area contributed by atoms with E-state index in [9.17, 15) is 0 Å². The fourth-order valence-corrected chi connectivity index (χ4v) is 2.65. The van der Waals surface area contributed by atoms with Crippen molar-refractivity contribution in [3.63, 3.8) is 0 Å². The van der Waals surface area contributed by atoms with E-state index < -0.39 is 0 Å². The maximum Gasteiger partial charge on any atom is 0.0532 e. The van der Waals surface area contributed by atoms with Crippen LogP contribution in [0.25, 0.3) is 0 Å². The number of H-pyrrole nitrogens is 1. The highest BCUT2D eigenvalue weighted by atomic mass is 16.5. The zero-order valence-electron chi connectivity index (χ0n) is 13.9. The van der Waals surface area contributed by atoms with Crippen molar-refractivity contribution >= 4 is 0 Å². The molecule has 0 saturated heterocycles. The Kier molecular flexibility index (Phi) is 10.1. The molecular formula is C16H32N4O. The molecule has 1 aromatic rings. The van der Waals surface area contributed by atoms with Crippen molar-refractivity contribution in [1.29, 1.82) is 0 Å². The van der Waals surface area contributed by atoms with E-state index in [0.29, 0.717) is 0 Å². The van der Waals surface area contributed by atoms with Gasteiger partial charge in [-0.25, -0.2) is 0 Å². The molecule has 122 valence electrons. The van der Waals surface area contributed by atoms with Crippen LogP contribution in [0.1, 0.15) is 37.7 Å². The summed E-state index contributed by atoms with van der Waals surface area (Å²) in [5.41, 5.74) is 1.23. The molecule has 2 rings (SSSR count). The molecule has 0 unspecified atom stereocenters. The summed E-state index contributed by atoms with van der Waals surface area (Å²) in [6.07, 6.45) is 10.9. The van der Waals surface area contributed by atoms with Crippen LogP contribution in [0.15, 0.2) is 12.4 Å². The van der Waals surface area contributed by atoms with Crippen molar-refractivity contribution in [1.82, 2.24) is 20.4 Å². The van der Waals surface area contributed by atoms with E-state index in [0.717, 1.165) is 32.2 Å². The largest absolute Gasteiger partial charge is 0.384 e. The summed E-state index contributed by atoms with van der Waals surface area (Å²) in [6, 6.07) is 0. The van der Waals surface area contributed by atoms with E-state index in [1.807, 2.05) is 19.4 Å². The maximum absolute atomic E-state index is 5.08. The number of ether oxygens (including phenoxy) is 1. The molecular weight excluding hydrogens is 264 g/mol. The number of nitrogens with zero attached hydrogens (tertiary/aromatic N) is 2. The molecule has 0 atom stereocenters. The van der Waals surface area contributed by atoms with Gasteiger partial charge in [0.15, 0.2) is 0 Å². The van der Waals surface area contributed by atoms with Crippen molar-refractivity contribution < 1.29 is 4.74 Å². The number of likely N-dealkylation sites (N-methyl/N-ethyl adjacent to an activating group) is 2. The first-order valence-corrected chi connectivity index (χ1v) is 8.06. The van der Waals surface area contributed by atoms with E-state index in [1.54, 1.807) is 7.11 Å². The lowest BCUT2D eigenvalue weighted by Gasteiger charge is -2.19. The Labute approximate surface area is 129 Å². The van der Waals surface area contributed by atoms with Gasteiger partial charge in [0.2, 0.25) is 0 Å². The molecule has 5 nitrogen and oxygen atoms in total. The number of methoxy groups -OCH3 is 1. The predicted octanol–water partition coefficient (Wildman–Crippen LogP) is 2.27. The lowest BCUT2D eigenvalue weighted by molar-refractivity contribution is 0.131. The van der Waals surface area contributed by atoms with Crippen molar-refractivity contribution in [2.24, 2.45) is 5.92 Å². The van der Waals surface area contributed by atoms with Crippen molar-refractivity contribution in [3.05, 3.63) is 18.0 Å². The van der Waals surface area contributed by atoms with Gasteiger partial charge in [-0.1, -0.05) is 19.3 Å². The van der Waals surface area contributed by atoms with E-state index in [4.69, 9.17) is 4.74 Å². The first-order valence-electron chi connectivity index (χ1n) is 8.06. The molecule has 1 aliphatic carbocycles. The number of aromatic nitrogens is 2. The number of rotatable bonds is 7. The molecule has 1 fully saturated rings. The topological polar surface area (TPSA) is 53.2 Å². The standard InChI is InChI=1S/C8H16N4.C8H16O/c1-9-3-4-12(2)7-8-5-10-11-6-8;1-9-7-8-5-3-2-4-6-8/h5-6,9H,3-4,7H2,1-2H3,(H,10,11);8H,2-7H2,1H3. The third kappa shape index (κ3) is 8.86. The van der Waals surface area contributed by atoms with Crippen LogP contribution < -0.4 is 5.32 Å². The number of nitrogens with one attached hydrogen (secondary N) is 2. The molecule has 0 spiro atoms. The summed E-state index contributed by atoms with van der Waals surface area (Å²) in [4.78, 5) is 2.25. The van der Waals surface area contributed by atoms with Gasteiger partial charge in [0, 0.05) is 45.1 Å². The Morgan fingerprint density at radius 3 is 2.71 bits per heavy atom. The van der Waals surface area contributed by atoms with Gasteiger partial charge in [0.05, 0.1) is 6.20 Å². The minimum atomic E-state index is 0.878. The summed E-state index contributed by atoms with van der Waals surface area (Å²) in [5.74, 6) is 0.878. The molecule has 1 aromatic heterocycles. The highest BCUT2D eigenvalue weighted by Crippen LogP contribution is 2.23. The molecule has 0 bridgehead atoms. The highest BCUT2D eigenvalue weighted by Gasteiger charge is 2.11. The van der Waals surface area contributed by atoms with Crippen molar-refractivity contribution in [3.8, 4) is 0 Å². The Morgan fingerprint density at radius 2 is 2.14 bits per heavy atom. The second kappa shape index (κ2) is 11.7. The summed E-state index contributed by atoms with van der Waals surface area (Å²) >= 11 is 0. The summed E-state index contributed by atoms with van der Waals surface area (Å²) in [7, 11) is 5.87. The third-order valence-corrected chi connectivity index (χ3v) is 3.88. The molecule has 21 heavy (non-hydrogen) atoms. The molecule has 1 heterocycles. The minimum Gasteiger partial charge on any atom is -0.384 e. The van der Waals surface area contributed by atoms with Crippen LogP contribution in [0, 0.1) is 5.92 Å². The van der Waals surface area contributed by atoms with Crippen LogP contribution in [0.3, 0.4) is 0 Å². The van der Waals surface area contributed by atoms with Gasteiger partial charge in [0.1, 0.15) is 0 Å². The number of aromatic amines is 1. The number of hydrogen-bond acceptors (Lipinski definition) is 4. The minimum absolute atomic E-state index is 0.878. The normalized spacial score (nSPS) is 15.8. The van der Waals surface area contributed by atoms with Gasteiger partial charge in [-0.05, 0) is 32.9 Å². The first kappa shape index (κ1) is 18.1. The van der Waals surface area contributed by atoms with Crippen LogP contribution in [0.2, 0.25) is 0 Å². The lowest BCUT2D eigenvalue weighted by atomic mass is 9.90. The van der Waals surface area contributed by atoms with Gasteiger partial charge in [-0.15, -0.1) is 0 Å². The average molecular weight is 296 g/mol. The third-order valence-electron chi connectivity index (χ3n) is 3.88. The van der Waals surface area contributed by atoms with Crippen molar-refractivity contribution in [2.45, 2.75) is 38.6 Å². The van der Waals surface area contributed by atoms with Crippen LogP contribution >= 0.6 is 0 Å². The summed E-state index contributed by atoms with van der Waals surface area (Å²) in [5, 5.41) is 9.80. The van der Waals surface area contributed by atoms with Gasteiger partial charge < -0.3 is 15.0 Å². The zero-order chi connectivity index (χ0) is 15.3. The SMILES string of the molecule is CNCCN(C)Cc1cn[nH]c1.COCC1CCCCC1. The molecule has 1 saturated carbocycles. The number of hydrogen-bond donors (Lipinski definition) is 2. The van der Waals surface area contributed by atoms with Crippen molar-refractivity contribution in [2.75, 3.05) is 40.9 Å². The molecule has 0 amide bonds. The Bertz CT molecular complexity index is 320. The molecule has 5 heteroatoms. The second-order valence-electron chi connectivity index (χ2n) is 5.91. The average Bonchev–Trinajstić information content (AvgIpc) is 3.00. The van der Waals surface area contributed by atoms with Gasteiger partial charge >= 0.3 is 0 Å². The van der Waals surface area contributed by atoms with E-state index in [-0.39, 0.29) is 0 Å². The van der Waals surface area contributed by atoms with Crippen LogP contribution in [0.4, 0.5) is 0 Å². The van der Waals surface area contributed by atoms with Gasteiger partial charge in [-0.2, -0.15) is 5.10 Å². The van der Waals surface area contributed by atoms with E-state index in [1.165, 1.54) is 37.7 Å². The molecule has 0 aliphatic heterocycles. The van der Waals surface area contributed by atoms with Gasteiger partial charge in [0.25, 0.3) is 0 Å². The second-order valence-corrected chi connectivity index (χ2v) is 5.91. The lowest BCUT2D eigenvalue weighted by Crippen LogP contribution is -2.26. The maximum atomic E-state index is 5.08. The fraction of sp³-hybridized carbons (Fsp3) is 0.812.